The number of ether oxygens (including phenoxy) is 3. The second kappa shape index (κ2) is 8.89. The number of aliphatic imine (C=N–C) groups is 1. The van der Waals surface area contributed by atoms with E-state index in [0.29, 0.717) is 23.9 Å². The largest absolute Gasteiger partial charge is 0.486 e. The summed E-state index contributed by atoms with van der Waals surface area (Å²) in [7, 11) is -1.74. The van der Waals surface area contributed by atoms with E-state index in [0.717, 1.165) is 40.2 Å². The van der Waals surface area contributed by atoms with Crippen molar-refractivity contribution in [1.82, 2.24) is 9.97 Å². The molecule has 1 aromatic carbocycles. The van der Waals surface area contributed by atoms with E-state index in [2.05, 4.69) is 15.0 Å². The standard InChI is InChI=1S/C21H23N3O5S2/c1-13(12-27-2)28-18-10-16(29-15-4-5-19(23-11-15)31(3,25)26)8-14-9-17(24-20(14)18)21-22-6-7-30-21/h4-5,8-11,13,24H,6-7,12H2,1-3H3. The lowest BCUT2D eigenvalue weighted by molar-refractivity contribution is 0.0928. The van der Waals surface area contributed by atoms with Crippen LogP contribution in [0.3, 0.4) is 0 Å². The van der Waals surface area contributed by atoms with E-state index in [9.17, 15) is 8.42 Å². The van der Waals surface area contributed by atoms with Gasteiger partial charge in [0.2, 0.25) is 0 Å². The summed E-state index contributed by atoms with van der Waals surface area (Å²) < 4.78 is 40.5. The van der Waals surface area contributed by atoms with Gasteiger partial charge in [-0.1, -0.05) is 0 Å². The van der Waals surface area contributed by atoms with E-state index >= 15 is 0 Å². The molecule has 2 aromatic heterocycles. The lowest BCUT2D eigenvalue weighted by Gasteiger charge is -2.16. The zero-order valence-corrected chi connectivity index (χ0v) is 19.0. The maximum absolute atomic E-state index is 11.6. The molecule has 0 aliphatic carbocycles. The Kier molecular flexibility index (Phi) is 6.22. The number of nitrogens with zero attached hydrogens (tertiary/aromatic N) is 2. The Morgan fingerprint density at radius 1 is 1.23 bits per heavy atom. The molecule has 1 N–H and O–H groups in total. The van der Waals surface area contributed by atoms with Crippen molar-refractivity contribution in [2.75, 3.05) is 32.3 Å². The van der Waals surface area contributed by atoms with Crippen LogP contribution in [0.4, 0.5) is 0 Å². The summed E-state index contributed by atoms with van der Waals surface area (Å²) in [6, 6.07) is 8.72. The molecule has 1 atom stereocenters. The third-order valence-corrected chi connectivity index (χ3v) is 6.55. The Labute approximate surface area is 184 Å². The molecule has 4 rings (SSSR count). The number of benzene rings is 1. The second-order valence-corrected chi connectivity index (χ2v) is 10.2. The highest BCUT2D eigenvalue weighted by atomic mass is 32.2. The van der Waals surface area contributed by atoms with E-state index in [1.165, 1.54) is 12.3 Å². The first-order valence-corrected chi connectivity index (χ1v) is 12.5. The predicted octanol–water partition coefficient (Wildman–Crippen LogP) is 3.67. The molecule has 0 radical (unpaired) electrons. The molecule has 164 valence electrons. The number of pyridine rings is 1. The highest BCUT2D eigenvalue weighted by Crippen LogP contribution is 2.35. The second-order valence-electron chi connectivity index (χ2n) is 7.19. The molecule has 0 saturated carbocycles. The van der Waals surface area contributed by atoms with Crippen molar-refractivity contribution in [2.45, 2.75) is 18.1 Å². The summed E-state index contributed by atoms with van der Waals surface area (Å²) in [6.45, 7) is 3.19. The molecule has 0 amide bonds. The van der Waals surface area contributed by atoms with Gasteiger partial charge in [0.05, 0.1) is 24.0 Å². The SMILES string of the molecule is COCC(C)Oc1cc(Oc2ccc(S(C)(=O)=O)nc2)cc2cc(C3=NCCS3)[nH]c12. The monoisotopic (exact) mass is 461 g/mol. The quantitative estimate of drug-likeness (QED) is 0.546. The Morgan fingerprint density at radius 3 is 2.71 bits per heavy atom. The van der Waals surface area contributed by atoms with Gasteiger partial charge in [-0.2, -0.15) is 0 Å². The summed E-state index contributed by atoms with van der Waals surface area (Å²) in [5, 5.41) is 1.90. The molecule has 31 heavy (non-hydrogen) atoms. The van der Waals surface area contributed by atoms with Crippen molar-refractivity contribution in [3.05, 3.63) is 42.2 Å². The number of hydrogen-bond acceptors (Lipinski definition) is 8. The van der Waals surface area contributed by atoms with Gasteiger partial charge in [0.1, 0.15) is 28.4 Å². The first-order valence-electron chi connectivity index (χ1n) is 9.67. The maximum Gasteiger partial charge on any atom is 0.192 e. The zero-order chi connectivity index (χ0) is 22.0. The van der Waals surface area contributed by atoms with Gasteiger partial charge >= 0.3 is 0 Å². The van der Waals surface area contributed by atoms with Crippen LogP contribution in [0, 0.1) is 0 Å². The van der Waals surface area contributed by atoms with Gasteiger partial charge in [0.25, 0.3) is 0 Å². The minimum atomic E-state index is -3.37. The molecule has 1 aliphatic rings. The Balaban J connectivity index is 1.69. The third-order valence-electron chi connectivity index (χ3n) is 4.54. The van der Waals surface area contributed by atoms with E-state index in [1.807, 2.05) is 19.1 Å². The Bertz CT molecular complexity index is 1220. The lowest BCUT2D eigenvalue weighted by atomic mass is 10.2. The van der Waals surface area contributed by atoms with Crippen molar-refractivity contribution in [2.24, 2.45) is 4.99 Å². The molecule has 8 nitrogen and oxygen atoms in total. The smallest absolute Gasteiger partial charge is 0.192 e. The van der Waals surface area contributed by atoms with Crippen LogP contribution in [0.2, 0.25) is 0 Å². The third kappa shape index (κ3) is 5.03. The number of aromatic nitrogens is 2. The van der Waals surface area contributed by atoms with Gasteiger partial charge in [0, 0.05) is 37.1 Å². The van der Waals surface area contributed by atoms with E-state index in [-0.39, 0.29) is 11.1 Å². The van der Waals surface area contributed by atoms with Crippen LogP contribution in [-0.2, 0) is 14.6 Å². The number of thioether (sulfide) groups is 1. The number of fused-ring (bicyclic) bond motifs is 1. The van der Waals surface area contributed by atoms with E-state index in [4.69, 9.17) is 14.2 Å². The number of rotatable bonds is 8. The van der Waals surface area contributed by atoms with Crippen molar-refractivity contribution >= 4 is 37.5 Å². The minimum Gasteiger partial charge on any atom is -0.486 e. The molecular weight excluding hydrogens is 438 g/mol. The number of sulfone groups is 1. The molecule has 3 aromatic rings. The molecule has 0 saturated heterocycles. The van der Waals surface area contributed by atoms with Crippen LogP contribution in [0.5, 0.6) is 17.2 Å². The summed E-state index contributed by atoms with van der Waals surface area (Å²) in [5.74, 6) is 2.58. The highest BCUT2D eigenvalue weighted by Gasteiger charge is 2.17. The first kappa shape index (κ1) is 21.7. The zero-order valence-electron chi connectivity index (χ0n) is 17.4. The molecule has 0 spiro atoms. The van der Waals surface area contributed by atoms with Crippen molar-refractivity contribution in [3.63, 3.8) is 0 Å². The van der Waals surface area contributed by atoms with Crippen LogP contribution < -0.4 is 9.47 Å². The number of H-pyrrole nitrogens is 1. The normalized spacial score (nSPS) is 15.1. The van der Waals surface area contributed by atoms with Gasteiger partial charge in [-0.15, -0.1) is 11.8 Å². The van der Waals surface area contributed by atoms with E-state index < -0.39 is 9.84 Å². The van der Waals surface area contributed by atoms with Gasteiger partial charge in [-0.25, -0.2) is 13.4 Å². The van der Waals surface area contributed by atoms with Crippen molar-refractivity contribution < 1.29 is 22.6 Å². The first-order chi connectivity index (χ1) is 14.8. The topological polar surface area (TPSA) is 103 Å². The summed E-state index contributed by atoms with van der Waals surface area (Å²) >= 11 is 1.72. The summed E-state index contributed by atoms with van der Waals surface area (Å²) in [6.07, 6.45) is 2.34. The average Bonchev–Trinajstić information content (AvgIpc) is 3.37. The molecule has 1 aliphatic heterocycles. The molecule has 0 fully saturated rings. The fourth-order valence-electron chi connectivity index (χ4n) is 3.22. The van der Waals surface area contributed by atoms with E-state index in [1.54, 1.807) is 31.0 Å². The maximum atomic E-state index is 11.6. The minimum absolute atomic E-state index is 0.00201. The fourth-order valence-corrected chi connectivity index (χ4v) is 4.60. The molecule has 1 unspecified atom stereocenters. The van der Waals surface area contributed by atoms with Gasteiger partial charge in [0.15, 0.2) is 14.9 Å². The Hall–Kier alpha value is -2.56. The highest BCUT2D eigenvalue weighted by molar-refractivity contribution is 8.14. The van der Waals surface area contributed by atoms with Crippen LogP contribution in [-0.4, -0.2) is 61.8 Å². The van der Waals surface area contributed by atoms with Gasteiger partial charge in [-0.05, 0) is 31.2 Å². The summed E-state index contributed by atoms with van der Waals surface area (Å²) in [5.41, 5.74) is 1.80. The molecule has 3 heterocycles. The number of hydrogen-bond donors (Lipinski definition) is 1. The van der Waals surface area contributed by atoms with Crippen LogP contribution >= 0.6 is 11.8 Å². The predicted molar refractivity (Wildman–Crippen MR) is 122 cm³/mol. The fraction of sp³-hybridized carbons (Fsp3) is 0.333. The Morgan fingerprint density at radius 2 is 2.06 bits per heavy atom. The van der Waals surface area contributed by atoms with Crippen LogP contribution in [0.15, 0.2) is 46.5 Å². The summed E-state index contributed by atoms with van der Waals surface area (Å²) in [4.78, 5) is 11.9. The average molecular weight is 462 g/mol. The van der Waals surface area contributed by atoms with Crippen molar-refractivity contribution in [1.29, 1.82) is 0 Å². The van der Waals surface area contributed by atoms with Gasteiger partial charge < -0.3 is 19.2 Å². The van der Waals surface area contributed by atoms with Crippen LogP contribution in [0.25, 0.3) is 10.9 Å². The molecular formula is C21H23N3O5S2. The number of methoxy groups -OCH3 is 1. The molecule has 10 heteroatoms. The lowest BCUT2D eigenvalue weighted by Crippen LogP contribution is -2.18. The number of aromatic amines is 1. The number of nitrogens with one attached hydrogen (secondary N) is 1. The van der Waals surface area contributed by atoms with Crippen molar-refractivity contribution in [3.8, 4) is 17.2 Å². The van der Waals surface area contributed by atoms with Crippen LogP contribution in [0.1, 0.15) is 12.6 Å². The van der Waals surface area contributed by atoms with Gasteiger partial charge in [-0.3, -0.25) is 4.99 Å². The molecule has 0 bridgehead atoms.